The Balaban J connectivity index is 1.72. The molecule has 0 amide bonds. The van der Waals surface area contributed by atoms with Gasteiger partial charge in [0.05, 0.1) is 18.5 Å². The van der Waals surface area contributed by atoms with Gasteiger partial charge >= 0.3 is 0 Å². The van der Waals surface area contributed by atoms with Crippen LogP contribution in [0.1, 0.15) is 45.2 Å². The maximum atomic E-state index is 5.73. The van der Waals surface area contributed by atoms with E-state index < -0.39 is 0 Å². The molecule has 1 aromatic heterocycles. The molecule has 1 aromatic rings. The second kappa shape index (κ2) is 6.74. The molecule has 1 heterocycles. The summed E-state index contributed by atoms with van der Waals surface area (Å²) in [4.78, 5) is 4.41. The van der Waals surface area contributed by atoms with Gasteiger partial charge in [-0.15, -0.1) is 0 Å². The first-order valence-electron chi connectivity index (χ1n) is 7.09. The lowest BCUT2D eigenvalue weighted by molar-refractivity contribution is 0.250. The van der Waals surface area contributed by atoms with Crippen molar-refractivity contribution in [1.29, 1.82) is 0 Å². The summed E-state index contributed by atoms with van der Waals surface area (Å²) in [5.74, 6) is 1.50. The van der Waals surface area contributed by atoms with Crippen LogP contribution < -0.4 is 10.1 Å². The van der Waals surface area contributed by atoms with E-state index in [1.165, 1.54) is 25.7 Å². The highest BCUT2D eigenvalue weighted by Gasteiger charge is 2.20. The van der Waals surface area contributed by atoms with Crippen LogP contribution in [-0.4, -0.2) is 17.6 Å². The number of nitrogens with zero attached hydrogens (tertiary/aromatic N) is 1. The maximum absolute atomic E-state index is 5.73. The van der Waals surface area contributed by atoms with E-state index in [2.05, 4.69) is 30.2 Å². The molecule has 0 aromatic carbocycles. The van der Waals surface area contributed by atoms with E-state index in [0.29, 0.717) is 5.92 Å². The average molecular weight is 248 g/mol. The van der Waals surface area contributed by atoms with Crippen molar-refractivity contribution in [2.45, 2.75) is 52.1 Å². The number of ether oxygens (including phenoxy) is 1. The van der Waals surface area contributed by atoms with Crippen molar-refractivity contribution in [2.24, 2.45) is 5.92 Å². The van der Waals surface area contributed by atoms with Crippen LogP contribution >= 0.6 is 0 Å². The van der Waals surface area contributed by atoms with E-state index in [-0.39, 0.29) is 0 Å². The SMILES string of the molecule is CCCC(C)COc1ccc(CNC2CC2)nc1. The predicted molar refractivity (Wildman–Crippen MR) is 73.7 cm³/mol. The molecule has 1 aliphatic carbocycles. The Labute approximate surface area is 110 Å². The summed E-state index contributed by atoms with van der Waals surface area (Å²) in [5.41, 5.74) is 1.09. The van der Waals surface area contributed by atoms with Gasteiger partial charge in [-0.3, -0.25) is 4.98 Å². The number of hydrogen-bond donors (Lipinski definition) is 1. The highest BCUT2D eigenvalue weighted by molar-refractivity contribution is 5.19. The molecule has 1 saturated carbocycles. The molecule has 3 nitrogen and oxygen atoms in total. The summed E-state index contributed by atoms with van der Waals surface area (Å²) in [5, 5.41) is 3.46. The number of aromatic nitrogens is 1. The van der Waals surface area contributed by atoms with E-state index in [9.17, 15) is 0 Å². The monoisotopic (exact) mass is 248 g/mol. The molecule has 0 radical (unpaired) electrons. The van der Waals surface area contributed by atoms with Crippen LogP contribution in [0.4, 0.5) is 0 Å². The average Bonchev–Trinajstić information content (AvgIpc) is 3.19. The summed E-state index contributed by atoms with van der Waals surface area (Å²) < 4.78 is 5.73. The summed E-state index contributed by atoms with van der Waals surface area (Å²) in [6, 6.07) is 4.81. The van der Waals surface area contributed by atoms with Gasteiger partial charge in [0.25, 0.3) is 0 Å². The fourth-order valence-corrected chi connectivity index (χ4v) is 1.95. The molecule has 1 N–H and O–H groups in total. The number of nitrogens with one attached hydrogen (secondary N) is 1. The molecule has 0 spiro atoms. The second-order valence-corrected chi connectivity index (χ2v) is 5.35. The summed E-state index contributed by atoms with van der Waals surface area (Å²) in [6.07, 6.45) is 6.90. The van der Waals surface area contributed by atoms with E-state index in [0.717, 1.165) is 30.6 Å². The second-order valence-electron chi connectivity index (χ2n) is 5.35. The first kappa shape index (κ1) is 13.3. The molecule has 18 heavy (non-hydrogen) atoms. The Bertz CT molecular complexity index is 346. The van der Waals surface area contributed by atoms with Gasteiger partial charge in [-0.2, -0.15) is 0 Å². The minimum absolute atomic E-state index is 0.617. The van der Waals surface area contributed by atoms with Gasteiger partial charge < -0.3 is 10.1 Å². The lowest BCUT2D eigenvalue weighted by atomic mass is 10.1. The van der Waals surface area contributed by atoms with E-state index >= 15 is 0 Å². The normalized spacial score (nSPS) is 16.6. The molecular formula is C15H24N2O. The van der Waals surface area contributed by atoms with Crippen molar-refractivity contribution in [3.05, 3.63) is 24.0 Å². The third-order valence-electron chi connectivity index (χ3n) is 3.26. The molecule has 1 unspecified atom stereocenters. The summed E-state index contributed by atoms with van der Waals surface area (Å²) in [6.45, 7) is 6.09. The smallest absolute Gasteiger partial charge is 0.137 e. The predicted octanol–water partition coefficient (Wildman–Crippen LogP) is 3.15. The zero-order valence-electron chi connectivity index (χ0n) is 11.5. The van der Waals surface area contributed by atoms with Crippen molar-refractivity contribution >= 4 is 0 Å². The van der Waals surface area contributed by atoms with Gasteiger partial charge in [0.1, 0.15) is 5.75 Å². The topological polar surface area (TPSA) is 34.1 Å². The number of rotatable bonds is 8. The van der Waals surface area contributed by atoms with Gasteiger partial charge in [-0.1, -0.05) is 20.3 Å². The molecule has 1 aliphatic rings. The van der Waals surface area contributed by atoms with Gasteiger partial charge in [0.15, 0.2) is 0 Å². The fourth-order valence-electron chi connectivity index (χ4n) is 1.95. The lowest BCUT2D eigenvalue weighted by Gasteiger charge is -2.12. The Hall–Kier alpha value is -1.09. The van der Waals surface area contributed by atoms with Gasteiger partial charge in [0.2, 0.25) is 0 Å². The van der Waals surface area contributed by atoms with Crippen LogP contribution in [0.3, 0.4) is 0 Å². The first-order chi connectivity index (χ1) is 8.78. The van der Waals surface area contributed by atoms with Crippen molar-refractivity contribution in [3.8, 4) is 5.75 Å². The molecule has 0 aliphatic heterocycles. The summed E-state index contributed by atoms with van der Waals surface area (Å²) >= 11 is 0. The molecule has 1 fully saturated rings. The molecule has 0 bridgehead atoms. The van der Waals surface area contributed by atoms with E-state index in [4.69, 9.17) is 4.74 Å². The zero-order valence-corrected chi connectivity index (χ0v) is 11.5. The standard InChI is InChI=1S/C15H24N2O/c1-3-4-12(2)11-18-15-8-7-14(17-10-15)9-16-13-5-6-13/h7-8,10,12-13,16H,3-6,9,11H2,1-2H3. The van der Waals surface area contributed by atoms with E-state index in [1.807, 2.05) is 12.3 Å². The van der Waals surface area contributed by atoms with Gasteiger partial charge in [-0.25, -0.2) is 0 Å². The van der Waals surface area contributed by atoms with Gasteiger partial charge in [-0.05, 0) is 37.3 Å². The minimum atomic E-state index is 0.617. The number of hydrogen-bond acceptors (Lipinski definition) is 3. The molecule has 2 rings (SSSR count). The summed E-state index contributed by atoms with van der Waals surface area (Å²) in [7, 11) is 0. The Kier molecular flexibility index (Phi) is 5.00. The maximum Gasteiger partial charge on any atom is 0.137 e. The van der Waals surface area contributed by atoms with Gasteiger partial charge in [0, 0.05) is 12.6 Å². The first-order valence-corrected chi connectivity index (χ1v) is 7.09. The highest BCUT2D eigenvalue weighted by Crippen LogP contribution is 2.19. The molecule has 0 saturated heterocycles. The molecule has 3 heteroatoms. The van der Waals surface area contributed by atoms with Crippen LogP contribution in [-0.2, 0) is 6.54 Å². The molecule has 1 atom stereocenters. The van der Waals surface area contributed by atoms with Crippen LogP contribution in [0.5, 0.6) is 5.75 Å². The largest absolute Gasteiger partial charge is 0.492 e. The zero-order chi connectivity index (χ0) is 12.8. The minimum Gasteiger partial charge on any atom is -0.492 e. The van der Waals surface area contributed by atoms with Crippen molar-refractivity contribution in [3.63, 3.8) is 0 Å². The third kappa shape index (κ3) is 4.65. The van der Waals surface area contributed by atoms with Crippen molar-refractivity contribution in [2.75, 3.05) is 6.61 Å². The Morgan fingerprint density at radius 2 is 2.28 bits per heavy atom. The van der Waals surface area contributed by atoms with Crippen LogP contribution in [0.15, 0.2) is 18.3 Å². The lowest BCUT2D eigenvalue weighted by Crippen LogP contribution is -2.16. The Morgan fingerprint density at radius 3 is 2.89 bits per heavy atom. The molecule has 100 valence electrons. The van der Waals surface area contributed by atoms with Crippen LogP contribution in [0, 0.1) is 5.92 Å². The van der Waals surface area contributed by atoms with Crippen LogP contribution in [0.2, 0.25) is 0 Å². The van der Waals surface area contributed by atoms with Crippen molar-refractivity contribution < 1.29 is 4.74 Å². The Morgan fingerprint density at radius 1 is 1.44 bits per heavy atom. The number of pyridine rings is 1. The molecular weight excluding hydrogens is 224 g/mol. The highest BCUT2D eigenvalue weighted by atomic mass is 16.5. The van der Waals surface area contributed by atoms with Crippen molar-refractivity contribution in [1.82, 2.24) is 10.3 Å². The third-order valence-corrected chi connectivity index (χ3v) is 3.26. The van der Waals surface area contributed by atoms with E-state index in [1.54, 1.807) is 0 Å². The quantitative estimate of drug-likeness (QED) is 0.767. The van der Waals surface area contributed by atoms with Crippen LogP contribution in [0.25, 0.3) is 0 Å². The fraction of sp³-hybridized carbons (Fsp3) is 0.667.